The molecule has 0 fully saturated rings. The summed E-state index contributed by atoms with van der Waals surface area (Å²) in [6.07, 6.45) is -4.58. The number of nitrogens with one attached hydrogen (secondary N) is 2. The van der Waals surface area contributed by atoms with Crippen LogP contribution in [0.2, 0.25) is 0 Å². The zero-order chi connectivity index (χ0) is 17.9. The molecule has 0 aliphatic heterocycles. The number of hydrogen-bond donors (Lipinski definition) is 2. The van der Waals surface area contributed by atoms with Crippen molar-refractivity contribution in [3.63, 3.8) is 0 Å². The van der Waals surface area contributed by atoms with Crippen molar-refractivity contribution in [3.05, 3.63) is 83.9 Å². The molecule has 1 atom stereocenters. The van der Waals surface area contributed by atoms with Crippen LogP contribution in [0.15, 0.2) is 72.8 Å². The van der Waals surface area contributed by atoms with Crippen molar-refractivity contribution in [2.24, 2.45) is 0 Å². The molecule has 0 radical (unpaired) electrons. The summed E-state index contributed by atoms with van der Waals surface area (Å²) in [5.41, 5.74) is 4.63. The molecule has 0 saturated carbocycles. The first-order chi connectivity index (χ1) is 12.0. The first-order valence-corrected chi connectivity index (χ1v) is 7.62. The van der Waals surface area contributed by atoms with Crippen molar-refractivity contribution >= 4 is 16.7 Å². The number of hydrazine groups is 1. The molecular weight excluding hydrogens is 329 g/mol. The molecule has 3 nitrogen and oxygen atoms in total. The Balaban J connectivity index is 1.89. The number of amides is 1. The quantitative estimate of drug-likeness (QED) is 0.690. The SMILES string of the molecule is O=C(NNC(c1cccc2ccccc12)C(F)(F)F)c1ccccc1. The highest BCUT2D eigenvalue weighted by Gasteiger charge is 2.41. The van der Waals surface area contributed by atoms with Gasteiger partial charge in [0.2, 0.25) is 0 Å². The molecule has 0 heterocycles. The van der Waals surface area contributed by atoms with Crippen molar-refractivity contribution in [2.75, 3.05) is 0 Å². The van der Waals surface area contributed by atoms with E-state index in [9.17, 15) is 18.0 Å². The van der Waals surface area contributed by atoms with E-state index in [0.29, 0.717) is 10.8 Å². The molecule has 0 aliphatic carbocycles. The normalized spacial score (nSPS) is 12.8. The van der Waals surface area contributed by atoms with E-state index in [1.54, 1.807) is 54.6 Å². The van der Waals surface area contributed by atoms with Crippen molar-refractivity contribution in [2.45, 2.75) is 12.2 Å². The van der Waals surface area contributed by atoms with Gasteiger partial charge in [0.05, 0.1) is 0 Å². The highest BCUT2D eigenvalue weighted by Crippen LogP contribution is 2.35. The molecule has 0 spiro atoms. The van der Waals surface area contributed by atoms with Crippen LogP contribution in [0.1, 0.15) is 22.0 Å². The Morgan fingerprint density at radius 2 is 1.48 bits per heavy atom. The third-order valence-corrected chi connectivity index (χ3v) is 3.83. The van der Waals surface area contributed by atoms with Crippen LogP contribution >= 0.6 is 0 Å². The number of alkyl halides is 3. The molecule has 128 valence electrons. The second-order valence-electron chi connectivity index (χ2n) is 5.51. The Morgan fingerprint density at radius 1 is 0.840 bits per heavy atom. The number of hydrogen-bond acceptors (Lipinski definition) is 2. The molecule has 6 heteroatoms. The summed E-state index contributed by atoms with van der Waals surface area (Å²) >= 11 is 0. The maximum atomic E-state index is 13.6. The Morgan fingerprint density at radius 3 is 2.20 bits per heavy atom. The summed E-state index contributed by atoms with van der Waals surface area (Å²) in [5, 5.41) is 1.18. The van der Waals surface area contributed by atoms with Crippen molar-refractivity contribution in [1.82, 2.24) is 10.9 Å². The van der Waals surface area contributed by atoms with Crippen LogP contribution in [0.4, 0.5) is 13.2 Å². The molecular formula is C19H15F3N2O. The van der Waals surface area contributed by atoms with E-state index in [4.69, 9.17) is 0 Å². The molecule has 1 unspecified atom stereocenters. The molecule has 25 heavy (non-hydrogen) atoms. The topological polar surface area (TPSA) is 41.1 Å². The number of benzene rings is 3. The van der Waals surface area contributed by atoms with Gasteiger partial charge in [-0.15, -0.1) is 0 Å². The number of rotatable bonds is 4. The molecule has 0 saturated heterocycles. The molecule has 0 aromatic heterocycles. The standard InChI is InChI=1S/C19H15F3N2O/c20-19(21,22)17(23-24-18(25)14-8-2-1-3-9-14)16-12-6-10-13-7-4-5-11-15(13)16/h1-12,17,23H,(H,24,25). The van der Waals surface area contributed by atoms with Crippen LogP contribution in [-0.2, 0) is 0 Å². The summed E-state index contributed by atoms with van der Waals surface area (Å²) in [5.74, 6) is -0.630. The fourth-order valence-corrected chi connectivity index (χ4v) is 2.64. The maximum Gasteiger partial charge on any atom is 0.409 e. The molecule has 3 aromatic rings. The Kier molecular flexibility index (Phi) is 4.72. The summed E-state index contributed by atoms with van der Waals surface area (Å²) in [6, 6.07) is 17.6. The molecule has 0 bridgehead atoms. The van der Waals surface area contributed by atoms with Gasteiger partial charge in [0.15, 0.2) is 0 Å². The fourth-order valence-electron chi connectivity index (χ4n) is 2.64. The second-order valence-corrected chi connectivity index (χ2v) is 5.51. The molecule has 3 rings (SSSR count). The Hall–Kier alpha value is -2.86. The van der Waals surface area contributed by atoms with Gasteiger partial charge in [-0.3, -0.25) is 10.2 Å². The van der Waals surface area contributed by atoms with E-state index < -0.39 is 18.1 Å². The van der Waals surface area contributed by atoms with Crippen molar-refractivity contribution < 1.29 is 18.0 Å². The number of carbonyl (C=O) groups is 1. The van der Waals surface area contributed by atoms with Gasteiger partial charge in [-0.1, -0.05) is 60.7 Å². The smallest absolute Gasteiger partial charge is 0.287 e. The van der Waals surface area contributed by atoms with E-state index in [0.717, 1.165) is 0 Å². The summed E-state index contributed by atoms with van der Waals surface area (Å²) in [7, 11) is 0. The van der Waals surface area contributed by atoms with Crippen LogP contribution in [0.5, 0.6) is 0 Å². The molecule has 0 aliphatic rings. The minimum absolute atomic E-state index is 0.0546. The van der Waals surface area contributed by atoms with Gasteiger partial charge in [-0.25, -0.2) is 5.43 Å². The van der Waals surface area contributed by atoms with Gasteiger partial charge >= 0.3 is 6.18 Å². The van der Waals surface area contributed by atoms with Crippen LogP contribution in [0, 0.1) is 0 Å². The van der Waals surface area contributed by atoms with Gasteiger partial charge in [0.25, 0.3) is 5.91 Å². The van der Waals surface area contributed by atoms with Crippen molar-refractivity contribution in [3.8, 4) is 0 Å². The average Bonchev–Trinajstić information content (AvgIpc) is 2.61. The predicted octanol–water partition coefficient (Wildman–Crippen LogP) is 4.38. The predicted molar refractivity (Wildman–Crippen MR) is 89.8 cm³/mol. The molecule has 1 amide bonds. The van der Waals surface area contributed by atoms with E-state index in [1.165, 1.54) is 18.2 Å². The van der Waals surface area contributed by atoms with Crippen LogP contribution < -0.4 is 10.9 Å². The minimum atomic E-state index is -4.58. The lowest BCUT2D eigenvalue weighted by Crippen LogP contribution is -2.45. The highest BCUT2D eigenvalue weighted by atomic mass is 19.4. The minimum Gasteiger partial charge on any atom is -0.287 e. The van der Waals surface area contributed by atoms with Crippen LogP contribution in [-0.4, -0.2) is 12.1 Å². The summed E-state index contributed by atoms with van der Waals surface area (Å²) in [4.78, 5) is 12.0. The summed E-state index contributed by atoms with van der Waals surface area (Å²) in [6.45, 7) is 0. The monoisotopic (exact) mass is 344 g/mol. The number of halogens is 3. The zero-order valence-corrected chi connectivity index (χ0v) is 13.0. The number of carbonyl (C=O) groups excluding carboxylic acids is 1. The van der Waals surface area contributed by atoms with E-state index in [-0.39, 0.29) is 11.1 Å². The molecule has 3 aromatic carbocycles. The number of fused-ring (bicyclic) bond motifs is 1. The second kappa shape index (κ2) is 6.94. The third kappa shape index (κ3) is 3.80. The van der Waals surface area contributed by atoms with Gasteiger partial charge < -0.3 is 0 Å². The average molecular weight is 344 g/mol. The van der Waals surface area contributed by atoms with E-state index in [2.05, 4.69) is 10.9 Å². The Labute approximate surface area is 142 Å². The van der Waals surface area contributed by atoms with E-state index in [1.807, 2.05) is 0 Å². The summed E-state index contributed by atoms with van der Waals surface area (Å²) < 4.78 is 40.7. The van der Waals surface area contributed by atoms with E-state index >= 15 is 0 Å². The fraction of sp³-hybridized carbons (Fsp3) is 0.105. The third-order valence-electron chi connectivity index (χ3n) is 3.83. The van der Waals surface area contributed by atoms with Gasteiger partial charge in [-0.05, 0) is 28.5 Å². The first-order valence-electron chi connectivity index (χ1n) is 7.62. The van der Waals surface area contributed by atoms with Gasteiger partial charge in [0, 0.05) is 5.56 Å². The van der Waals surface area contributed by atoms with Gasteiger partial charge in [0.1, 0.15) is 6.04 Å². The zero-order valence-electron chi connectivity index (χ0n) is 13.0. The molecule has 2 N–H and O–H groups in total. The van der Waals surface area contributed by atoms with Crippen LogP contribution in [0.25, 0.3) is 10.8 Å². The van der Waals surface area contributed by atoms with Crippen LogP contribution in [0.3, 0.4) is 0 Å². The van der Waals surface area contributed by atoms with Crippen molar-refractivity contribution in [1.29, 1.82) is 0 Å². The largest absolute Gasteiger partial charge is 0.409 e. The lowest BCUT2D eigenvalue weighted by Gasteiger charge is -2.23. The lowest BCUT2D eigenvalue weighted by atomic mass is 9.99. The highest BCUT2D eigenvalue weighted by molar-refractivity contribution is 5.93. The van der Waals surface area contributed by atoms with Gasteiger partial charge in [-0.2, -0.15) is 13.2 Å². The Bertz CT molecular complexity index is 873. The lowest BCUT2D eigenvalue weighted by molar-refractivity contribution is -0.159. The first kappa shape index (κ1) is 17.0. The maximum absolute atomic E-state index is 13.6.